The number of quaternary nitrogens is 1. The number of nitrogens with one attached hydrogen (secondary N) is 2. The van der Waals surface area contributed by atoms with Gasteiger partial charge in [-0.3, -0.25) is 4.79 Å². The molecule has 0 fully saturated rings. The van der Waals surface area contributed by atoms with Crippen molar-refractivity contribution >= 4 is 5.91 Å². The SMILES string of the molecule is C[NH+](C)CCCNC(=O)c1ccco1. The lowest BCUT2D eigenvalue weighted by Crippen LogP contribution is -3.05. The molecule has 0 aliphatic rings. The van der Waals surface area contributed by atoms with Crippen molar-refractivity contribution in [1.29, 1.82) is 0 Å². The fraction of sp³-hybridized carbons (Fsp3) is 0.500. The number of carbonyl (C=O) groups excluding carboxylic acids is 1. The molecule has 0 unspecified atom stereocenters. The van der Waals surface area contributed by atoms with Crippen molar-refractivity contribution in [2.75, 3.05) is 27.2 Å². The van der Waals surface area contributed by atoms with E-state index in [1.54, 1.807) is 12.1 Å². The van der Waals surface area contributed by atoms with Crippen LogP contribution in [0.4, 0.5) is 0 Å². The molecule has 2 N–H and O–H groups in total. The molecule has 78 valence electrons. The van der Waals surface area contributed by atoms with E-state index in [0.29, 0.717) is 12.3 Å². The van der Waals surface area contributed by atoms with Gasteiger partial charge in [-0.25, -0.2) is 0 Å². The maximum atomic E-state index is 11.3. The van der Waals surface area contributed by atoms with Gasteiger partial charge in [0.2, 0.25) is 0 Å². The topological polar surface area (TPSA) is 46.7 Å². The van der Waals surface area contributed by atoms with Crippen molar-refractivity contribution in [3.63, 3.8) is 0 Å². The zero-order valence-electron chi connectivity index (χ0n) is 8.67. The average molecular weight is 197 g/mol. The lowest BCUT2D eigenvalue weighted by atomic mass is 10.3. The summed E-state index contributed by atoms with van der Waals surface area (Å²) in [5, 5.41) is 2.79. The normalized spacial score (nSPS) is 10.5. The van der Waals surface area contributed by atoms with E-state index in [1.165, 1.54) is 11.2 Å². The Bertz CT molecular complexity index is 268. The Hall–Kier alpha value is -1.29. The molecule has 4 nitrogen and oxygen atoms in total. The van der Waals surface area contributed by atoms with Crippen molar-refractivity contribution < 1.29 is 14.1 Å². The van der Waals surface area contributed by atoms with Gasteiger partial charge in [0.15, 0.2) is 5.76 Å². The molecular weight excluding hydrogens is 180 g/mol. The second kappa shape index (κ2) is 5.44. The van der Waals surface area contributed by atoms with Crippen molar-refractivity contribution in [1.82, 2.24) is 5.32 Å². The van der Waals surface area contributed by atoms with E-state index in [2.05, 4.69) is 19.4 Å². The lowest BCUT2D eigenvalue weighted by molar-refractivity contribution is -0.858. The zero-order valence-corrected chi connectivity index (χ0v) is 8.67. The van der Waals surface area contributed by atoms with Crippen LogP contribution >= 0.6 is 0 Å². The largest absolute Gasteiger partial charge is 0.459 e. The van der Waals surface area contributed by atoms with E-state index in [-0.39, 0.29) is 5.91 Å². The Kier molecular flexibility index (Phi) is 4.19. The van der Waals surface area contributed by atoms with E-state index < -0.39 is 0 Å². The van der Waals surface area contributed by atoms with E-state index in [1.807, 2.05) is 0 Å². The highest BCUT2D eigenvalue weighted by Gasteiger charge is 2.06. The molecule has 0 saturated heterocycles. The van der Waals surface area contributed by atoms with Crippen LogP contribution in [0.5, 0.6) is 0 Å². The molecule has 1 rings (SSSR count). The van der Waals surface area contributed by atoms with Crippen molar-refractivity contribution in [3.05, 3.63) is 24.2 Å². The summed E-state index contributed by atoms with van der Waals surface area (Å²) in [5.74, 6) is 0.242. The second-order valence-electron chi connectivity index (χ2n) is 3.54. The summed E-state index contributed by atoms with van der Waals surface area (Å²) in [5.41, 5.74) is 0. The van der Waals surface area contributed by atoms with Crippen molar-refractivity contribution in [3.8, 4) is 0 Å². The van der Waals surface area contributed by atoms with Crippen LogP contribution in [0.15, 0.2) is 22.8 Å². The Labute approximate surface area is 83.9 Å². The first kappa shape index (κ1) is 10.8. The van der Waals surface area contributed by atoms with Crippen LogP contribution in [-0.4, -0.2) is 33.1 Å². The summed E-state index contributed by atoms with van der Waals surface area (Å²) in [7, 11) is 4.18. The maximum Gasteiger partial charge on any atom is 0.286 e. The summed E-state index contributed by atoms with van der Waals surface area (Å²) in [6.45, 7) is 1.75. The minimum atomic E-state index is -0.135. The highest BCUT2D eigenvalue weighted by atomic mass is 16.3. The van der Waals surface area contributed by atoms with Gasteiger partial charge in [-0.05, 0) is 12.1 Å². The molecule has 0 aromatic carbocycles. The van der Waals surface area contributed by atoms with Crippen LogP contribution in [-0.2, 0) is 0 Å². The molecule has 0 bridgehead atoms. The number of amides is 1. The van der Waals surface area contributed by atoms with E-state index in [4.69, 9.17) is 4.42 Å². The molecule has 0 atom stereocenters. The number of hydrogen-bond acceptors (Lipinski definition) is 2. The highest BCUT2D eigenvalue weighted by molar-refractivity contribution is 5.91. The molecule has 0 spiro atoms. The first-order valence-corrected chi connectivity index (χ1v) is 4.81. The molecule has 1 aromatic heterocycles. The maximum absolute atomic E-state index is 11.3. The van der Waals surface area contributed by atoms with Gasteiger partial charge in [-0.15, -0.1) is 0 Å². The zero-order chi connectivity index (χ0) is 10.4. The minimum Gasteiger partial charge on any atom is -0.459 e. The Balaban J connectivity index is 2.16. The van der Waals surface area contributed by atoms with E-state index >= 15 is 0 Å². The summed E-state index contributed by atoms with van der Waals surface area (Å²) in [4.78, 5) is 12.7. The molecule has 0 saturated carbocycles. The van der Waals surface area contributed by atoms with E-state index in [9.17, 15) is 4.79 Å². The number of furan rings is 1. The monoisotopic (exact) mass is 197 g/mol. The van der Waals surface area contributed by atoms with Crippen LogP contribution in [0.3, 0.4) is 0 Å². The minimum absolute atomic E-state index is 0.135. The number of hydrogen-bond donors (Lipinski definition) is 2. The highest BCUT2D eigenvalue weighted by Crippen LogP contribution is 1.98. The smallest absolute Gasteiger partial charge is 0.286 e. The van der Waals surface area contributed by atoms with Gasteiger partial charge in [0.05, 0.1) is 26.9 Å². The lowest BCUT2D eigenvalue weighted by Gasteiger charge is -2.06. The standard InChI is InChI=1S/C10H16N2O2/c1-12(2)7-4-6-11-10(13)9-5-3-8-14-9/h3,5,8H,4,6-7H2,1-2H3,(H,11,13)/p+1. The molecule has 0 aliphatic heterocycles. The predicted octanol–water partition coefficient (Wildman–Crippen LogP) is -0.456. The first-order valence-electron chi connectivity index (χ1n) is 4.81. The van der Waals surface area contributed by atoms with Gasteiger partial charge in [-0.1, -0.05) is 0 Å². The molecule has 0 radical (unpaired) electrons. The molecule has 14 heavy (non-hydrogen) atoms. The number of carbonyl (C=O) groups is 1. The molecule has 1 amide bonds. The van der Waals surface area contributed by atoms with Gasteiger partial charge < -0.3 is 14.6 Å². The van der Waals surface area contributed by atoms with Crippen LogP contribution in [0.1, 0.15) is 17.0 Å². The van der Waals surface area contributed by atoms with E-state index in [0.717, 1.165) is 13.0 Å². The average Bonchev–Trinajstić information content (AvgIpc) is 2.64. The van der Waals surface area contributed by atoms with Crippen LogP contribution in [0, 0.1) is 0 Å². The third-order valence-electron chi connectivity index (χ3n) is 1.88. The van der Waals surface area contributed by atoms with Gasteiger partial charge in [0, 0.05) is 13.0 Å². The van der Waals surface area contributed by atoms with Crippen LogP contribution in [0.2, 0.25) is 0 Å². The molecule has 4 heteroatoms. The Morgan fingerprint density at radius 1 is 1.57 bits per heavy atom. The summed E-state index contributed by atoms with van der Waals surface area (Å²) in [6.07, 6.45) is 2.48. The third-order valence-corrected chi connectivity index (χ3v) is 1.88. The molecule has 0 aliphatic carbocycles. The van der Waals surface area contributed by atoms with Gasteiger partial charge in [0.1, 0.15) is 0 Å². The second-order valence-corrected chi connectivity index (χ2v) is 3.54. The molecule has 1 heterocycles. The molecular formula is C10H17N2O2+. The quantitative estimate of drug-likeness (QED) is 0.628. The van der Waals surface area contributed by atoms with Crippen molar-refractivity contribution in [2.24, 2.45) is 0 Å². The third kappa shape index (κ3) is 3.62. The number of rotatable bonds is 5. The van der Waals surface area contributed by atoms with Gasteiger partial charge in [-0.2, -0.15) is 0 Å². The van der Waals surface area contributed by atoms with Crippen LogP contribution < -0.4 is 10.2 Å². The Morgan fingerprint density at radius 2 is 2.36 bits per heavy atom. The summed E-state index contributed by atoms with van der Waals surface area (Å²) in [6, 6.07) is 3.37. The summed E-state index contributed by atoms with van der Waals surface area (Å²) < 4.78 is 4.96. The Morgan fingerprint density at radius 3 is 2.93 bits per heavy atom. The van der Waals surface area contributed by atoms with Gasteiger partial charge in [0.25, 0.3) is 5.91 Å². The van der Waals surface area contributed by atoms with Crippen molar-refractivity contribution in [2.45, 2.75) is 6.42 Å². The first-order chi connectivity index (χ1) is 6.70. The fourth-order valence-corrected chi connectivity index (χ4v) is 1.14. The summed E-state index contributed by atoms with van der Waals surface area (Å²) >= 11 is 0. The predicted molar refractivity (Wildman–Crippen MR) is 53.3 cm³/mol. The molecule has 1 aromatic rings. The van der Waals surface area contributed by atoms with Crippen LogP contribution in [0.25, 0.3) is 0 Å². The fourth-order valence-electron chi connectivity index (χ4n) is 1.14. The van der Waals surface area contributed by atoms with Gasteiger partial charge >= 0.3 is 0 Å².